The molecule has 4 nitrogen and oxygen atoms in total. The van der Waals surface area contributed by atoms with Gasteiger partial charge in [0.15, 0.2) is 0 Å². The molecule has 0 saturated heterocycles. The summed E-state index contributed by atoms with van der Waals surface area (Å²) in [6.07, 6.45) is 4.83. The first-order valence-corrected chi connectivity index (χ1v) is 8.73. The van der Waals surface area contributed by atoms with E-state index in [0.29, 0.717) is 23.6 Å². The van der Waals surface area contributed by atoms with Crippen molar-refractivity contribution in [2.45, 2.75) is 50.9 Å². The predicted molar refractivity (Wildman–Crippen MR) is 95.9 cm³/mol. The fourth-order valence-electron chi connectivity index (χ4n) is 3.45. The fourth-order valence-corrected chi connectivity index (χ4v) is 3.45. The molecule has 2 aromatic rings. The van der Waals surface area contributed by atoms with Gasteiger partial charge in [-0.15, -0.1) is 0 Å². The fraction of sp³-hybridized carbons (Fsp3) is 0.400. The molecule has 1 aliphatic rings. The van der Waals surface area contributed by atoms with Crippen LogP contribution in [0, 0.1) is 0 Å². The molecule has 0 heterocycles. The number of phenols is 2. The number of aromatic hydroxyl groups is 2. The van der Waals surface area contributed by atoms with Gasteiger partial charge in [-0.05, 0) is 48.2 Å². The minimum absolute atomic E-state index is 0.316. The van der Waals surface area contributed by atoms with Crippen molar-refractivity contribution >= 4 is 0 Å². The second-order valence-corrected chi connectivity index (χ2v) is 6.60. The Morgan fingerprint density at radius 2 is 1.21 bits per heavy atom. The van der Waals surface area contributed by atoms with Gasteiger partial charge in [0, 0.05) is 25.2 Å². The summed E-state index contributed by atoms with van der Waals surface area (Å²) in [4.78, 5) is 0. The Morgan fingerprint density at radius 3 is 1.62 bits per heavy atom. The highest BCUT2D eigenvalue weighted by Gasteiger charge is 2.24. The first kappa shape index (κ1) is 16.8. The summed E-state index contributed by atoms with van der Waals surface area (Å²) < 4.78 is 0. The predicted octanol–water partition coefficient (Wildman–Crippen LogP) is 3.29. The van der Waals surface area contributed by atoms with Crippen LogP contribution in [0.3, 0.4) is 0 Å². The Labute approximate surface area is 143 Å². The normalized spacial score (nSPS) is 20.8. The van der Waals surface area contributed by atoms with Crippen LogP contribution in [0.2, 0.25) is 0 Å². The molecule has 0 unspecified atom stereocenters. The van der Waals surface area contributed by atoms with E-state index in [2.05, 4.69) is 10.6 Å². The van der Waals surface area contributed by atoms with Crippen LogP contribution in [0.1, 0.15) is 36.8 Å². The van der Waals surface area contributed by atoms with E-state index < -0.39 is 0 Å². The lowest BCUT2D eigenvalue weighted by molar-refractivity contribution is 0.281. The smallest absolute Gasteiger partial charge is 0.115 e. The van der Waals surface area contributed by atoms with Gasteiger partial charge in [-0.3, -0.25) is 0 Å². The Morgan fingerprint density at radius 1 is 0.750 bits per heavy atom. The van der Waals surface area contributed by atoms with Crippen molar-refractivity contribution in [2.24, 2.45) is 0 Å². The Bertz CT molecular complexity index is 602. The molecule has 4 N–H and O–H groups in total. The van der Waals surface area contributed by atoms with Crippen molar-refractivity contribution in [3.63, 3.8) is 0 Å². The molecule has 0 bridgehead atoms. The average molecular weight is 326 g/mol. The minimum atomic E-state index is 0.316. The molecule has 1 aliphatic carbocycles. The number of rotatable bonds is 6. The molecule has 24 heavy (non-hydrogen) atoms. The molecule has 1 fully saturated rings. The highest BCUT2D eigenvalue weighted by atomic mass is 16.3. The molecule has 0 aliphatic heterocycles. The lowest BCUT2D eigenvalue weighted by atomic mass is 9.90. The van der Waals surface area contributed by atoms with E-state index in [0.717, 1.165) is 37.1 Å². The number of hydrogen-bond donors (Lipinski definition) is 4. The highest BCUT2D eigenvalue weighted by molar-refractivity contribution is 5.28. The maximum absolute atomic E-state index is 9.57. The summed E-state index contributed by atoms with van der Waals surface area (Å²) in [5.74, 6) is 0.632. The van der Waals surface area contributed by atoms with Crippen LogP contribution >= 0.6 is 0 Å². The van der Waals surface area contributed by atoms with Crippen molar-refractivity contribution < 1.29 is 10.2 Å². The van der Waals surface area contributed by atoms with E-state index in [4.69, 9.17) is 0 Å². The largest absolute Gasteiger partial charge is 0.508 e. The van der Waals surface area contributed by atoms with Gasteiger partial charge in [-0.1, -0.05) is 37.1 Å². The molecule has 4 heteroatoms. The molecule has 2 atom stereocenters. The van der Waals surface area contributed by atoms with E-state index in [1.807, 2.05) is 36.4 Å². The standard InChI is InChI=1S/C20H26N2O2/c23-17-7-3-5-15(11-17)13-21-19-9-1-2-10-20(19)22-14-16-6-4-8-18(24)12-16/h3-8,11-12,19-24H,1-2,9-10,13-14H2/t19-,20-/m1/s1. The molecule has 1 saturated carbocycles. The van der Waals surface area contributed by atoms with Crippen LogP contribution in [0.15, 0.2) is 48.5 Å². The number of nitrogens with one attached hydrogen (secondary N) is 2. The average Bonchev–Trinajstić information content (AvgIpc) is 2.59. The van der Waals surface area contributed by atoms with Crippen molar-refractivity contribution in [1.82, 2.24) is 10.6 Å². The molecular formula is C20H26N2O2. The van der Waals surface area contributed by atoms with Crippen molar-refractivity contribution in [2.75, 3.05) is 0 Å². The van der Waals surface area contributed by atoms with Gasteiger partial charge in [0.05, 0.1) is 0 Å². The van der Waals surface area contributed by atoms with Crippen LogP contribution in [0.4, 0.5) is 0 Å². The lowest BCUT2D eigenvalue weighted by Crippen LogP contribution is -2.49. The third-order valence-electron chi connectivity index (χ3n) is 4.72. The molecule has 128 valence electrons. The Balaban J connectivity index is 1.55. The Hall–Kier alpha value is -2.04. The third-order valence-corrected chi connectivity index (χ3v) is 4.72. The molecule has 0 spiro atoms. The van der Waals surface area contributed by atoms with Crippen molar-refractivity contribution in [3.8, 4) is 11.5 Å². The molecule has 3 rings (SSSR count). The van der Waals surface area contributed by atoms with E-state index in [1.165, 1.54) is 12.8 Å². The zero-order chi connectivity index (χ0) is 16.8. The van der Waals surface area contributed by atoms with Gasteiger partial charge in [-0.2, -0.15) is 0 Å². The van der Waals surface area contributed by atoms with Crippen LogP contribution in [0.25, 0.3) is 0 Å². The topological polar surface area (TPSA) is 64.5 Å². The van der Waals surface area contributed by atoms with Crippen LogP contribution in [-0.2, 0) is 13.1 Å². The van der Waals surface area contributed by atoms with Crippen LogP contribution < -0.4 is 10.6 Å². The lowest BCUT2D eigenvalue weighted by Gasteiger charge is -2.33. The summed E-state index contributed by atoms with van der Waals surface area (Å²) in [6.45, 7) is 1.53. The Kier molecular flexibility index (Phi) is 5.72. The quantitative estimate of drug-likeness (QED) is 0.658. The van der Waals surface area contributed by atoms with Gasteiger partial charge in [0.25, 0.3) is 0 Å². The monoisotopic (exact) mass is 326 g/mol. The highest BCUT2D eigenvalue weighted by Crippen LogP contribution is 2.20. The molecule has 2 aromatic carbocycles. The zero-order valence-electron chi connectivity index (χ0n) is 13.9. The van der Waals surface area contributed by atoms with Gasteiger partial charge in [0.1, 0.15) is 11.5 Å². The van der Waals surface area contributed by atoms with E-state index in [9.17, 15) is 10.2 Å². The summed E-state index contributed by atoms with van der Waals surface area (Å²) in [5, 5.41) is 26.4. The second kappa shape index (κ2) is 8.18. The number of benzene rings is 2. The van der Waals surface area contributed by atoms with Gasteiger partial charge in [0.2, 0.25) is 0 Å². The van der Waals surface area contributed by atoms with Gasteiger partial charge < -0.3 is 20.8 Å². The SMILES string of the molecule is Oc1cccc(CN[C@@H]2CCCC[C@H]2NCc2cccc(O)c2)c1. The molecule has 0 radical (unpaired) electrons. The summed E-state index contributed by atoms with van der Waals surface area (Å²) >= 11 is 0. The van der Waals surface area contributed by atoms with E-state index in [1.54, 1.807) is 12.1 Å². The summed E-state index contributed by atoms with van der Waals surface area (Å²) in [5.41, 5.74) is 2.21. The first-order chi connectivity index (χ1) is 11.7. The third kappa shape index (κ3) is 4.73. The summed E-state index contributed by atoms with van der Waals surface area (Å²) in [6, 6.07) is 15.7. The van der Waals surface area contributed by atoms with Crippen molar-refractivity contribution in [3.05, 3.63) is 59.7 Å². The maximum Gasteiger partial charge on any atom is 0.115 e. The second-order valence-electron chi connectivity index (χ2n) is 6.60. The van der Waals surface area contributed by atoms with Crippen LogP contribution in [0.5, 0.6) is 11.5 Å². The number of phenolic OH excluding ortho intramolecular Hbond substituents is 2. The summed E-state index contributed by atoms with van der Waals surface area (Å²) in [7, 11) is 0. The number of hydrogen-bond acceptors (Lipinski definition) is 4. The van der Waals surface area contributed by atoms with E-state index >= 15 is 0 Å². The van der Waals surface area contributed by atoms with Gasteiger partial charge in [-0.25, -0.2) is 0 Å². The molecule has 0 amide bonds. The zero-order valence-corrected chi connectivity index (χ0v) is 13.9. The molecular weight excluding hydrogens is 300 g/mol. The van der Waals surface area contributed by atoms with Gasteiger partial charge >= 0.3 is 0 Å². The minimum Gasteiger partial charge on any atom is -0.508 e. The first-order valence-electron chi connectivity index (χ1n) is 8.73. The maximum atomic E-state index is 9.57. The van der Waals surface area contributed by atoms with Crippen LogP contribution in [-0.4, -0.2) is 22.3 Å². The molecule has 0 aromatic heterocycles. The van der Waals surface area contributed by atoms with Crippen molar-refractivity contribution in [1.29, 1.82) is 0 Å². The van der Waals surface area contributed by atoms with E-state index in [-0.39, 0.29) is 0 Å².